The first kappa shape index (κ1) is 14.2. The fourth-order valence-corrected chi connectivity index (χ4v) is 3.01. The zero-order chi connectivity index (χ0) is 13.9. The van der Waals surface area contributed by atoms with Crippen LogP contribution in [0.25, 0.3) is 0 Å². The molecule has 1 fully saturated rings. The van der Waals surface area contributed by atoms with Crippen molar-refractivity contribution in [3.8, 4) is 0 Å². The van der Waals surface area contributed by atoms with E-state index in [0.717, 1.165) is 31.2 Å². The first-order valence-corrected chi connectivity index (χ1v) is 6.88. The number of carboxylic acid groups (broad SMARTS) is 1. The van der Waals surface area contributed by atoms with E-state index in [4.69, 9.17) is 22.4 Å². The summed E-state index contributed by atoms with van der Waals surface area (Å²) >= 11 is 6.06. The van der Waals surface area contributed by atoms with Gasteiger partial charge in [-0.2, -0.15) is 0 Å². The van der Waals surface area contributed by atoms with Crippen LogP contribution in [0.4, 0.5) is 4.79 Å². The number of nitrogens with one attached hydrogen (secondary N) is 1. The second-order valence-corrected chi connectivity index (χ2v) is 5.72. The molecule has 0 unspecified atom stereocenters. The van der Waals surface area contributed by atoms with Gasteiger partial charge in [-0.15, -0.1) is 0 Å². The van der Waals surface area contributed by atoms with Gasteiger partial charge in [-0.3, -0.25) is 0 Å². The van der Waals surface area contributed by atoms with E-state index >= 15 is 0 Å². The topological polar surface area (TPSA) is 75.3 Å². The van der Waals surface area contributed by atoms with E-state index in [9.17, 15) is 4.79 Å². The molecule has 104 valence electrons. The molecule has 4 nitrogen and oxygen atoms in total. The maximum absolute atomic E-state index is 10.8. The minimum Gasteiger partial charge on any atom is -0.465 e. The van der Waals surface area contributed by atoms with Gasteiger partial charge < -0.3 is 16.2 Å². The summed E-state index contributed by atoms with van der Waals surface area (Å²) in [6.07, 6.45) is 2.60. The maximum atomic E-state index is 10.8. The fourth-order valence-electron chi connectivity index (χ4n) is 2.82. The van der Waals surface area contributed by atoms with Crippen molar-refractivity contribution in [2.75, 3.05) is 6.54 Å². The molecule has 1 aliphatic rings. The molecule has 0 heterocycles. The van der Waals surface area contributed by atoms with Crippen LogP contribution in [-0.4, -0.2) is 23.8 Å². The van der Waals surface area contributed by atoms with E-state index in [-0.39, 0.29) is 11.5 Å². The number of benzene rings is 1. The van der Waals surface area contributed by atoms with Gasteiger partial charge in [-0.25, -0.2) is 4.79 Å². The molecule has 1 aliphatic carbocycles. The molecule has 1 aromatic carbocycles. The number of hydrogen-bond acceptors (Lipinski definition) is 2. The summed E-state index contributed by atoms with van der Waals surface area (Å²) in [4.78, 5) is 10.8. The van der Waals surface area contributed by atoms with Crippen LogP contribution in [0.15, 0.2) is 24.3 Å². The lowest BCUT2D eigenvalue weighted by Gasteiger charge is -2.40. The van der Waals surface area contributed by atoms with Crippen molar-refractivity contribution in [3.05, 3.63) is 34.9 Å². The Labute approximate surface area is 117 Å². The van der Waals surface area contributed by atoms with E-state index in [2.05, 4.69) is 5.32 Å². The summed E-state index contributed by atoms with van der Waals surface area (Å²) < 4.78 is 0. The summed E-state index contributed by atoms with van der Waals surface area (Å²) in [6.45, 7) is 0.412. The molecule has 5 heteroatoms. The van der Waals surface area contributed by atoms with Crippen LogP contribution in [0.3, 0.4) is 0 Å². The average molecular weight is 283 g/mol. The Bertz CT molecular complexity index is 457. The Kier molecular flexibility index (Phi) is 4.32. The van der Waals surface area contributed by atoms with Crippen LogP contribution in [-0.2, 0) is 5.41 Å². The summed E-state index contributed by atoms with van der Waals surface area (Å²) in [7, 11) is 0. The molecule has 1 saturated carbocycles. The summed E-state index contributed by atoms with van der Waals surface area (Å²) in [6, 6.07) is 7.91. The second kappa shape index (κ2) is 5.80. The molecule has 0 saturated heterocycles. The van der Waals surface area contributed by atoms with Gasteiger partial charge in [-0.1, -0.05) is 23.7 Å². The van der Waals surface area contributed by atoms with Gasteiger partial charge >= 0.3 is 6.09 Å². The van der Waals surface area contributed by atoms with Crippen LogP contribution in [0.5, 0.6) is 0 Å². The Hall–Kier alpha value is -1.26. The highest BCUT2D eigenvalue weighted by Gasteiger charge is 2.36. The zero-order valence-corrected chi connectivity index (χ0v) is 11.5. The van der Waals surface area contributed by atoms with Crippen LogP contribution in [0.1, 0.15) is 31.2 Å². The van der Waals surface area contributed by atoms with Gasteiger partial charge in [0.2, 0.25) is 0 Å². The van der Waals surface area contributed by atoms with Crippen LogP contribution in [0.2, 0.25) is 5.02 Å². The molecule has 0 bridgehead atoms. The molecule has 0 spiro atoms. The smallest absolute Gasteiger partial charge is 0.404 e. The molecular formula is C14H19ClN2O2. The van der Waals surface area contributed by atoms with Crippen molar-refractivity contribution < 1.29 is 9.90 Å². The summed E-state index contributed by atoms with van der Waals surface area (Å²) in [5, 5.41) is 12.1. The van der Waals surface area contributed by atoms with Crippen molar-refractivity contribution in [3.63, 3.8) is 0 Å². The number of hydrogen-bond donors (Lipinski definition) is 3. The average Bonchev–Trinajstić information content (AvgIpc) is 2.38. The highest BCUT2D eigenvalue weighted by molar-refractivity contribution is 6.30. The molecule has 1 aromatic rings. The molecule has 0 aromatic heterocycles. The third kappa shape index (κ3) is 3.39. The van der Waals surface area contributed by atoms with Crippen LogP contribution in [0, 0.1) is 0 Å². The van der Waals surface area contributed by atoms with Gasteiger partial charge in [0.05, 0.1) is 0 Å². The van der Waals surface area contributed by atoms with E-state index in [1.807, 2.05) is 24.3 Å². The molecule has 4 N–H and O–H groups in total. The molecule has 0 atom stereocenters. The van der Waals surface area contributed by atoms with Crippen LogP contribution < -0.4 is 11.1 Å². The number of rotatable bonds is 3. The highest BCUT2D eigenvalue weighted by atomic mass is 35.5. The maximum Gasteiger partial charge on any atom is 0.404 e. The SMILES string of the molecule is N[C@H]1CC[C@@](CNC(=O)O)(c2cccc(Cl)c2)CC1. The number of halogens is 1. The third-order valence-electron chi connectivity index (χ3n) is 4.00. The number of carbonyl (C=O) groups is 1. The van der Waals surface area contributed by atoms with E-state index in [0.29, 0.717) is 11.6 Å². The molecule has 1 amide bonds. The largest absolute Gasteiger partial charge is 0.465 e. The van der Waals surface area contributed by atoms with Gasteiger partial charge in [0.15, 0.2) is 0 Å². The Morgan fingerprint density at radius 3 is 2.74 bits per heavy atom. The minimum absolute atomic E-state index is 0.181. The van der Waals surface area contributed by atoms with Gasteiger partial charge in [0.25, 0.3) is 0 Å². The monoisotopic (exact) mass is 282 g/mol. The summed E-state index contributed by atoms with van der Waals surface area (Å²) in [5.74, 6) is 0. The van der Waals surface area contributed by atoms with Crippen LogP contribution >= 0.6 is 11.6 Å². The quantitative estimate of drug-likeness (QED) is 0.798. The van der Waals surface area contributed by atoms with Crippen molar-refractivity contribution >= 4 is 17.7 Å². The van der Waals surface area contributed by atoms with E-state index in [1.54, 1.807) is 0 Å². The van der Waals surface area contributed by atoms with Crippen molar-refractivity contribution in [1.29, 1.82) is 0 Å². The predicted octanol–water partition coefficient (Wildman–Crippen LogP) is 2.75. The highest BCUT2D eigenvalue weighted by Crippen LogP contribution is 2.39. The standard InChI is InChI=1S/C14H19ClN2O2/c15-11-3-1-2-10(8-11)14(9-17-13(18)19)6-4-12(16)5-7-14/h1-3,8,12,17H,4-7,9,16H2,(H,18,19)/t12-,14+. The second-order valence-electron chi connectivity index (χ2n) is 5.29. The van der Waals surface area contributed by atoms with E-state index < -0.39 is 6.09 Å². The lowest BCUT2D eigenvalue weighted by molar-refractivity contribution is 0.185. The number of amides is 1. The Morgan fingerprint density at radius 2 is 2.16 bits per heavy atom. The zero-order valence-electron chi connectivity index (χ0n) is 10.7. The minimum atomic E-state index is -0.990. The molecule has 2 rings (SSSR count). The first-order chi connectivity index (χ1) is 9.02. The molecule has 19 heavy (non-hydrogen) atoms. The van der Waals surface area contributed by atoms with Gasteiger partial charge in [0, 0.05) is 23.0 Å². The molecule has 0 radical (unpaired) electrons. The van der Waals surface area contributed by atoms with Crippen molar-refractivity contribution in [1.82, 2.24) is 5.32 Å². The Morgan fingerprint density at radius 1 is 1.47 bits per heavy atom. The lowest BCUT2D eigenvalue weighted by Crippen LogP contribution is -2.45. The van der Waals surface area contributed by atoms with Gasteiger partial charge in [-0.05, 0) is 43.4 Å². The first-order valence-electron chi connectivity index (χ1n) is 6.50. The van der Waals surface area contributed by atoms with Crippen molar-refractivity contribution in [2.45, 2.75) is 37.1 Å². The predicted molar refractivity (Wildman–Crippen MR) is 75.6 cm³/mol. The summed E-state index contributed by atoms with van der Waals surface area (Å²) in [5.41, 5.74) is 6.87. The van der Waals surface area contributed by atoms with Crippen molar-refractivity contribution in [2.24, 2.45) is 5.73 Å². The van der Waals surface area contributed by atoms with E-state index in [1.165, 1.54) is 0 Å². The molecular weight excluding hydrogens is 264 g/mol. The third-order valence-corrected chi connectivity index (χ3v) is 4.24. The fraction of sp³-hybridized carbons (Fsp3) is 0.500. The molecule has 0 aliphatic heterocycles. The normalized spacial score (nSPS) is 26.9. The Balaban J connectivity index is 2.25. The number of nitrogens with two attached hydrogens (primary N) is 1. The lowest BCUT2D eigenvalue weighted by atomic mass is 9.68. The van der Waals surface area contributed by atoms with Gasteiger partial charge in [0.1, 0.15) is 0 Å².